The van der Waals surface area contributed by atoms with Crippen LogP contribution in [0.5, 0.6) is 0 Å². The van der Waals surface area contributed by atoms with Gasteiger partial charge in [0.15, 0.2) is 0 Å². The fourth-order valence-corrected chi connectivity index (χ4v) is 0.961. The maximum Gasteiger partial charge on any atom is 0.314 e. The zero-order chi connectivity index (χ0) is 9.56. The van der Waals surface area contributed by atoms with Crippen LogP contribution in [0.1, 0.15) is 26.2 Å². The summed E-state index contributed by atoms with van der Waals surface area (Å²) in [4.78, 5) is 21.2. The van der Waals surface area contributed by atoms with Crippen LogP contribution in [-0.4, -0.2) is 28.6 Å². The van der Waals surface area contributed by atoms with Crippen LogP contribution >= 0.6 is 0 Å². The number of Topliss-reactive ketones (excluding diaryl/α,β-unsaturated/α-hetero) is 1. The average Bonchev–Trinajstić information content (AvgIpc) is 1.96. The molecular weight excluding hydrogens is 160 g/mol. The third kappa shape index (κ3) is 4.08. The molecule has 0 aromatic heterocycles. The topological polar surface area (TPSA) is 74.6 Å². The van der Waals surface area contributed by atoms with Gasteiger partial charge in [-0.15, -0.1) is 0 Å². The Balaban J connectivity index is 3.80. The molecular formula is C8H14O4. The van der Waals surface area contributed by atoms with Crippen LogP contribution in [0.15, 0.2) is 0 Å². The van der Waals surface area contributed by atoms with Crippen molar-refractivity contribution in [2.75, 3.05) is 6.61 Å². The van der Waals surface area contributed by atoms with Crippen LogP contribution in [0.2, 0.25) is 0 Å². The van der Waals surface area contributed by atoms with Gasteiger partial charge in [-0.05, 0) is 26.2 Å². The Morgan fingerprint density at radius 2 is 1.92 bits per heavy atom. The van der Waals surface area contributed by atoms with Gasteiger partial charge in [0.1, 0.15) is 11.7 Å². The minimum Gasteiger partial charge on any atom is -0.481 e. The normalized spacial score (nSPS) is 12.5. The van der Waals surface area contributed by atoms with E-state index in [-0.39, 0.29) is 12.4 Å². The number of hydrogen-bond acceptors (Lipinski definition) is 3. The molecule has 1 unspecified atom stereocenters. The minimum atomic E-state index is -1.07. The zero-order valence-electron chi connectivity index (χ0n) is 7.12. The van der Waals surface area contributed by atoms with Gasteiger partial charge >= 0.3 is 5.97 Å². The largest absolute Gasteiger partial charge is 0.481 e. The average molecular weight is 174 g/mol. The van der Waals surface area contributed by atoms with E-state index in [1.54, 1.807) is 0 Å². The molecule has 0 spiro atoms. The molecule has 0 fully saturated rings. The molecule has 0 aromatic rings. The van der Waals surface area contributed by atoms with Crippen LogP contribution in [0, 0.1) is 5.92 Å². The molecule has 0 aromatic carbocycles. The van der Waals surface area contributed by atoms with Crippen molar-refractivity contribution >= 4 is 11.8 Å². The first-order chi connectivity index (χ1) is 5.59. The highest BCUT2D eigenvalue weighted by Crippen LogP contribution is 2.09. The van der Waals surface area contributed by atoms with E-state index in [4.69, 9.17) is 10.2 Å². The van der Waals surface area contributed by atoms with E-state index in [0.29, 0.717) is 19.3 Å². The molecule has 0 rings (SSSR count). The Kier molecular flexibility index (Phi) is 5.28. The molecule has 4 heteroatoms. The van der Waals surface area contributed by atoms with Crippen molar-refractivity contribution in [3.63, 3.8) is 0 Å². The van der Waals surface area contributed by atoms with Gasteiger partial charge in [0.25, 0.3) is 0 Å². The predicted octanol–water partition coefficient (Wildman–Crippen LogP) is 0.439. The molecule has 0 amide bonds. The van der Waals surface area contributed by atoms with E-state index >= 15 is 0 Å². The standard InChI is InChI=1S/C8H14O4/c1-6(10)7(8(11)12)4-2-3-5-9/h7,9H,2-5H2,1H3,(H,11,12). The fourth-order valence-electron chi connectivity index (χ4n) is 0.961. The summed E-state index contributed by atoms with van der Waals surface area (Å²) in [5.41, 5.74) is 0. The van der Waals surface area contributed by atoms with E-state index < -0.39 is 11.9 Å². The molecule has 0 radical (unpaired) electrons. The number of carboxylic acid groups (broad SMARTS) is 1. The van der Waals surface area contributed by atoms with Gasteiger partial charge in [-0.2, -0.15) is 0 Å². The van der Waals surface area contributed by atoms with Gasteiger partial charge in [0.2, 0.25) is 0 Å². The Morgan fingerprint density at radius 3 is 2.25 bits per heavy atom. The first-order valence-corrected chi connectivity index (χ1v) is 3.93. The third-order valence-electron chi connectivity index (χ3n) is 1.69. The Labute approximate surface area is 71.2 Å². The van der Waals surface area contributed by atoms with Gasteiger partial charge in [-0.1, -0.05) is 0 Å². The zero-order valence-corrected chi connectivity index (χ0v) is 7.12. The van der Waals surface area contributed by atoms with E-state index in [0.717, 1.165) is 0 Å². The number of aliphatic hydroxyl groups is 1. The van der Waals surface area contributed by atoms with Crippen molar-refractivity contribution in [2.45, 2.75) is 26.2 Å². The lowest BCUT2D eigenvalue weighted by molar-refractivity contribution is -0.146. The van der Waals surface area contributed by atoms with Gasteiger partial charge < -0.3 is 10.2 Å². The maximum atomic E-state index is 10.7. The number of rotatable bonds is 6. The van der Waals surface area contributed by atoms with Gasteiger partial charge in [-0.25, -0.2) is 0 Å². The van der Waals surface area contributed by atoms with Crippen molar-refractivity contribution in [3.8, 4) is 0 Å². The first-order valence-electron chi connectivity index (χ1n) is 3.93. The highest BCUT2D eigenvalue weighted by atomic mass is 16.4. The molecule has 0 aliphatic carbocycles. The fraction of sp³-hybridized carbons (Fsp3) is 0.750. The lowest BCUT2D eigenvalue weighted by Crippen LogP contribution is -2.21. The summed E-state index contributed by atoms with van der Waals surface area (Å²) in [6.45, 7) is 1.32. The van der Waals surface area contributed by atoms with Crippen LogP contribution in [0.25, 0.3) is 0 Å². The summed E-state index contributed by atoms with van der Waals surface area (Å²) in [5, 5.41) is 17.0. The second-order valence-corrected chi connectivity index (χ2v) is 2.72. The maximum absolute atomic E-state index is 10.7. The lowest BCUT2D eigenvalue weighted by Gasteiger charge is -2.06. The molecule has 0 aliphatic heterocycles. The molecule has 0 heterocycles. The Hall–Kier alpha value is -0.900. The summed E-state index contributed by atoms with van der Waals surface area (Å²) in [5.74, 6) is -2.28. The molecule has 70 valence electrons. The summed E-state index contributed by atoms with van der Waals surface area (Å²) in [7, 11) is 0. The second-order valence-electron chi connectivity index (χ2n) is 2.72. The molecule has 0 saturated heterocycles. The Morgan fingerprint density at radius 1 is 1.33 bits per heavy atom. The number of ketones is 1. The molecule has 0 saturated carbocycles. The first kappa shape index (κ1) is 11.1. The summed E-state index contributed by atoms with van der Waals surface area (Å²) in [6, 6.07) is 0. The van der Waals surface area contributed by atoms with E-state index in [1.807, 2.05) is 0 Å². The quantitative estimate of drug-likeness (QED) is 0.452. The van der Waals surface area contributed by atoms with Gasteiger partial charge in [0.05, 0.1) is 0 Å². The SMILES string of the molecule is CC(=O)C(CCCCO)C(=O)O. The third-order valence-corrected chi connectivity index (χ3v) is 1.69. The predicted molar refractivity (Wildman–Crippen MR) is 42.7 cm³/mol. The van der Waals surface area contributed by atoms with E-state index in [9.17, 15) is 9.59 Å². The number of aliphatic hydroxyl groups excluding tert-OH is 1. The Bertz CT molecular complexity index is 150. The molecule has 2 N–H and O–H groups in total. The number of aliphatic carboxylic acids is 1. The van der Waals surface area contributed by atoms with E-state index in [2.05, 4.69) is 0 Å². The van der Waals surface area contributed by atoms with Crippen molar-refractivity contribution in [1.82, 2.24) is 0 Å². The van der Waals surface area contributed by atoms with E-state index in [1.165, 1.54) is 6.92 Å². The number of carbonyl (C=O) groups is 2. The smallest absolute Gasteiger partial charge is 0.314 e. The van der Waals surface area contributed by atoms with Crippen molar-refractivity contribution < 1.29 is 19.8 Å². The van der Waals surface area contributed by atoms with Gasteiger partial charge in [-0.3, -0.25) is 9.59 Å². The number of carbonyl (C=O) groups excluding carboxylic acids is 1. The monoisotopic (exact) mass is 174 g/mol. The van der Waals surface area contributed by atoms with Crippen LogP contribution in [0.3, 0.4) is 0 Å². The lowest BCUT2D eigenvalue weighted by atomic mass is 9.98. The molecule has 12 heavy (non-hydrogen) atoms. The van der Waals surface area contributed by atoms with Crippen LogP contribution < -0.4 is 0 Å². The number of hydrogen-bond donors (Lipinski definition) is 2. The number of carboxylic acids is 1. The summed E-state index contributed by atoms with van der Waals surface area (Å²) < 4.78 is 0. The molecule has 4 nitrogen and oxygen atoms in total. The molecule has 0 aliphatic rings. The van der Waals surface area contributed by atoms with Crippen LogP contribution in [0.4, 0.5) is 0 Å². The number of unbranched alkanes of at least 4 members (excludes halogenated alkanes) is 1. The summed E-state index contributed by atoms with van der Waals surface area (Å²) in [6.07, 6.45) is 1.45. The molecule has 0 bridgehead atoms. The highest BCUT2D eigenvalue weighted by Gasteiger charge is 2.21. The molecule has 1 atom stereocenters. The van der Waals surface area contributed by atoms with Crippen molar-refractivity contribution in [2.24, 2.45) is 5.92 Å². The van der Waals surface area contributed by atoms with Crippen molar-refractivity contribution in [1.29, 1.82) is 0 Å². The minimum absolute atomic E-state index is 0.0459. The second kappa shape index (κ2) is 5.71. The van der Waals surface area contributed by atoms with Gasteiger partial charge in [0, 0.05) is 6.61 Å². The highest BCUT2D eigenvalue weighted by molar-refractivity contribution is 5.96. The summed E-state index contributed by atoms with van der Waals surface area (Å²) >= 11 is 0. The van der Waals surface area contributed by atoms with Crippen LogP contribution in [-0.2, 0) is 9.59 Å². The van der Waals surface area contributed by atoms with Crippen molar-refractivity contribution in [3.05, 3.63) is 0 Å².